The van der Waals surface area contributed by atoms with Crippen LogP contribution in [0, 0.1) is 12.8 Å². The van der Waals surface area contributed by atoms with Crippen molar-refractivity contribution < 1.29 is 4.79 Å². The molecule has 2 aromatic rings. The lowest BCUT2D eigenvalue weighted by atomic mass is 9.94. The third-order valence-electron chi connectivity index (χ3n) is 5.34. The second-order valence-corrected chi connectivity index (χ2v) is 7.24. The first-order valence-electron chi connectivity index (χ1n) is 8.84. The summed E-state index contributed by atoms with van der Waals surface area (Å²) in [6.07, 6.45) is 1.90. The van der Waals surface area contributed by atoms with Gasteiger partial charge in [-0.1, -0.05) is 54.1 Å². The molecule has 3 atom stereocenters. The fourth-order valence-corrected chi connectivity index (χ4v) is 3.89. The third kappa shape index (κ3) is 2.84. The number of hydrogen-bond acceptors (Lipinski definition) is 2. The number of likely N-dealkylation sites (tertiary alicyclic amines) is 1. The highest BCUT2D eigenvalue weighted by atomic mass is 16.2. The molecule has 3 unspecified atom stereocenters. The number of amides is 1. The molecule has 1 saturated heterocycles. The standard InChI is InChI=1S/C21H24N2O/c1-14-7-8-17(18(11-14)15-5-3-2-4-6-15)19-12-20(19)21(24)23-10-9-16(22)13-23/h2-8,11,16,19-20H,9-10,12-13,22H2,1H3. The van der Waals surface area contributed by atoms with Gasteiger partial charge in [-0.25, -0.2) is 0 Å². The zero-order valence-electron chi connectivity index (χ0n) is 14.1. The topological polar surface area (TPSA) is 46.3 Å². The van der Waals surface area contributed by atoms with Crippen LogP contribution in [0.15, 0.2) is 48.5 Å². The second-order valence-electron chi connectivity index (χ2n) is 7.24. The van der Waals surface area contributed by atoms with Crippen molar-refractivity contribution in [2.45, 2.75) is 31.7 Å². The Hall–Kier alpha value is -2.13. The van der Waals surface area contributed by atoms with Crippen LogP contribution in [-0.2, 0) is 4.79 Å². The molecule has 3 heteroatoms. The summed E-state index contributed by atoms with van der Waals surface area (Å²) in [5, 5.41) is 0. The number of nitrogens with zero attached hydrogens (tertiary/aromatic N) is 1. The van der Waals surface area contributed by atoms with Gasteiger partial charge < -0.3 is 10.6 Å². The van der Waals surface area contributed by atoms with Gasteiger partial charge in [0.05, 0.1) is 0 Å². The summed E-state index contributed by atoms with van der Waals surface area (Å²) in [4.78, 5) is 14.7. The summed E-state index contributed by atoms with van der Waals surface area (Å²) in [7, 11) is 0. The highest BCUT2D eigenvalue weighted by molar-refractivity contribution is 5.84. The molecule has 124 valence electrons. The van der Waals surface area contributed by atoms with Gasteiger partial charge in [0.2, 0.25) is 5.91 Å². The van der Waals surface area contributed by atoms with Crippen molar-refractivity contribution in [3.63, 3.8) is 0 Å². The van der Waals surface area contributed by atoms with E-state index in [0.29, 0.717) is 11.8 Å². The van der Waals surface area contributed by atoms with Crippen LogP contribution in [0.1, 0.15) is 29.9 Å². The monoisotopic (exact) mass is 320 g/mol. The molecule has 1 aliphatic heterocycles. The van der Waals surface area contributed by atoms with E-state index in [0.717, 1.165) is 25.9 Å². The molecule has 2 aliphatic rings. The Labute approximate surface area is 143 Å². The molecule has 2 N–H and O–H groups in total. The summed E-state index contributed by atoms with van der Waals surface area (Å²) < 4.78 is 0. The Morgan fingerprint density at radius 1 is 1.17 bits per heavy atom. The molecule has 1 heterocycles. The van der Waals surface area contributed by atoms with Crippen molar-refractivity contribution in [2.24, 2.45) is 11.7 Å². The van der Waals surface area contributed by atoms with Gasteiger partial charge in [-0.3, -0.25) is 4.79 Å². The fourth-order valence-electron chi connectivity index (χ4n) is 3.89. The number of aryl methyl sites for hydroxylation is 1. The van der Waals surface area contributed by atoms with E-state index in [1.165, 1.54) is 22.3 Å². The molecule has 1 amide bonds. The van der Waals surface area contributed by atoms with E-state index in [9.17, 15) is 4.79 Å². The maximum atomic E-state index is 12.7. The number of hydrogen-bond donors (Lipinski definition) is 1. The highest BCUT2D eigenvalue weighted by Crippen LogP contribution is 2.51. The minimum atomic E-state index is 0.139. The van der Waals surface area contributed by atoms with Gasteiger partial charge in [-0.05, 0) is 42.4 Å². The first-order chi connectivity index (χ1) is 11.6. The zero-order chi connectivity index (χ0) is 16.7. The molecule has 2 aromatic carbocycles. The maximum absolute atomic E-state index is 12.7. The van der Waals surface area contributed by atoms with Crippen molar-refractivity contribution in [1.82, 2.24) is 4.90 Å². The molecular weight excluding hydrogens is 296 g/mol. The molecule has 2 fully saturated rings. The average Bonchev–Trinajstić information content (AvgIpc) is 3.28. The van der Waals surface area contributed by atoms with E-state index in [-0.39, 0.29) is 12.0 Å². The van der Waals surface area contributed by atoms with E-state index in [4.69, 9.17) is 5.73 Å². The van der Waals surface area contributed by atoms with Crippen LogP contribution in [0.4, 0.5) is 0 Å². The van der Waals surface area contributed by atoms with E-state index in [1.54, 1.807) is 0 Å². The van der Waals surface area contributed by atoms with Gasteiger partial charge in [-0.15, -0.1) is 0 Å². The van der Waals surface area contributed by atoms with E-state index in [2.05, 4.69) is 49.4 Å². The zero-order valence-corrected chi connectivity index (χ0v) is 14.1. The van der Waals surface area contributed by atoms with Crippen molar-refractivity contribution in [2.75, 3.05) is 13.1 Å². The van der Waals surface area contributed by atoms with Gasteiger partial charge in [-0.2, -0.15) is 0 Å². The lowest BCUT2D eigenvalue weighted by Gasteiger charge is -2.16. The number of nitrogens with two attached hydrogens (primary N) is 1. The molecule has 0 spiro atoms. The molecule has 1 aliphatic carbocycles. The summed E-state index contributed by atoms with van der Waals surface area (Å²) in [6, 6.07) is 17.3. The van der Waals surface area contributed by atoms with Gasteiger partial charge in [0.1, 0.15) is 0 Å². The molecular formula is C21H24N2O. The molecule has 0 aromatic heterocycles. The average molecular weight is 320 g/mol. The molecule has 0 bridgehead atoms. The normalized spacial score (nSPS) is 25.8. The predicted octanol–water partition coefficient (Wildman–Crippen LogP) is 3.33. The van der Waals surface area contributed by atoms with Crippen LogP contribution in [0.5, 0.6) is 0 Å². The largest absolute Gasteiger partial charge is 0.341 e. The minimum absolute atomic E-state index is 0.139. The SMILES string of the molecule is Cc1ccc(C2CC2C(=O)N2CCC(N)C2)c(-c2ccccc2)c1. The highest BCUT2D eigenvalue weighted by Gasteiger charge is 2.47. The Morgan fingerprint density at radius 3 is 2.67 bits per heavy atom. The van der Waals surface area contributed by atoms with Crippen molar-refractivity contribution in [3.05, 3.63) is 59.7 Å². The second kappa shape index (κ2) is 6.06. The molecule has 1 saturated carbocycles. The Bertz CT molecular complexity index is 756. The Kier molecular flexibility index (Phi) is 3.89. The first-order valence-corrected chi connectivity index (χ1v) is 8.84. The lowest BCUT2D eigenvalue weighted by Crippen LogP contribution is -2.33. The Morgan fingerprint density at radius 2 is 1.96 bits per heavy atom. The first kappa shape index (κ1) is 15.4. The van der Waals surface area contributed by atoms with Gasteiger partial charge in [0, 0.05) is 25.0 Å². The van der Waals surface area contributed by atoms with Crippen molar-refractivity contribution in [1.29, 1.82) is 0 Å². The van der Waals surface area contributed by atoms with Crippen molar-refractivity contribution >= 4 is 5.91 Å². The molecule has 4 rings (SSSR count). The number of benzene rings is 2. The van der Waals surface area contributed by atoms with Crippen LogP contribution in [0.2, 0.25) is 0 Å². The fraction of sp³-hybridized carbons (Fsp3) is 0.381. The van der Waals surface area contributed by atoms with E-state index < -0.39 is 0 Å². The number of carbonyl (C=O) groups is 1. The van der Waals surface area contributed by atoms with Crippen LogP contribution in [0.25, 0.3) is 11.1 Å². The third-order valence-corrected chi connectivity index (χ3v) is 5.34. The summed E-state index contributed by atoms with van der Waals surface area (Å²) >= 11 is 0. The van der Waals surface area contributed by atoms with E-state index >= 15 is 0 Å². The van der Waals surface area contributed by atoms with Crippen LogP contribution >= 0.6 is 0 Å². The molecule has 0 radical (unpaired) electrons. The molecule has 3 nitrogen and oxygen atoms in total. The summed E-state index contributed by atoms with van der Waals surface area (Å²) in [6.45, 7) is 3.67. The quantitative estimate of drug-likeness (QED) is 0.943. The van der Waals surface area contributed by atoms with Gasteiger partial charge >= 0.3 is 0 Å². The smallest absolute Gasteiger partial charge is 0.226 e. The summed E-state index contributed by atoms with van der Waals surface area (Å²) in [5.41, 5.74) is 11.0. The van der Waals surface area contributed by atoms with Crippen LogP contribution < -0.4 is 5.73 Å². The predicted molar refractivity (Wildman–Crippen MR) is 96.6 cm³/mol. The minimum Gasteiger partial charge on any atom is -0.341 e. The van der Waals surface area contributed by atoms with Crippen molar-refractivity contribution in [3.8, 4) is 11.1 Å². The van der Waals surface area contributed by atoms with E-state index in [1.807, 2.05) is 11.0 Å². The summed E-state index contributed by atoms with van der Waals surface area (Å²) in [5.74, 6) is 0.790. The van der Waals surface area contributed by atoms with Gasteiger partial charge in [0.25, 0.3) is 0 Å². The maximum Gasteiger partial charge on any atom is 0.226 e. The lowest BCUT2D eigenvalue weighted by molar-refractivity contribution is -0.131. The van der Waals surface area contributed by atoms with Crippen LogP contribution in [-0.4, -0.2) is 29.9 Å². The van der Waals surface area contributed by atoms with Crippen LogP contribution in [0.3, 0.4) is 0 Å². The number of rotatable bonds is 3. The Balaban J connectivity index is 1.59. The van der Waals surface area contributed by atoms with Gasteiger partial charge in [0.15, 0.2) is 0 Å². The number of carbonyl (C=O) groups excluding carboxylic acids is 1. The molecule has 24 heavy (non-hydrogen) atoms.